The van der Waals surface area contributed by atoms with Gasteiger partial charge in [-0.2, -0.15) is 0 Å². The summed E-state index contributed by atoms with van der Waals surface area (Å²) < 4.78 is 14.3. The van der Waals surface area contributed by atoms with E-state index in [9.17, 15) is 9.50 Å². The number of hydrogen-bond donors (Lipinski definition) is 1. The highest BCUT2D eigenvalue weighted by atomic mass is 127. The predicted molar refractivity (Wildman–Crippen MR) is 79.4 cm³/mol. The lowest BCUT2D eigenvalue weighted by Gasteiger charge is -2.15. The molecular formula is C14H11ClFIO. The first-order chi connectivity index (χ1) is 8.50. The quantitative estimate of drug-likeness (QED) is 0.767. The van der Waals surface area contributed by atoms with Crippen molar-refractivity contribution < 1.29 is 9.50 Å². The molecule has 18 heavy (non-hydrogen) atoms. The summed E-state index contributed by atoms with van der Waals surface area (Å²) in [5, 5.41) is 10.6. The number of aliphatic hydroxyl groups is 1. The number of benzene rings is 2. The van der Waals surface area contributed by atoms with Crippen molar-refractivity contribution >= 4 is 34.2 Å². The molecule has 2 rings (SSSR count). The Labute approximate surface area is 124 Å². The molecule has 0 amide bonds. The SMILES string of the molecule is Cc1cc(C(O)c2ccccc2I)c(Cl)cc1F. The maximum absolute atomic E-state index is 13.3. The molecule has 0 aliphatic carbocycles. The van der Waals surface area contributed by atoms with Crippen LogP contribution in [-0.2, 0) is 0 Å². The van der Waals surface area contributed by atoms with Gasteiger partial charge in [0.1, 0.15) is 11.9 Å². The highest BCUT2D eigenvalue weighted by molar-refractivity contribution is 14.1. The summed E-state index contributed by atoms with van der Waals surface area (Å²) in [7, 11) is 0. The first-order valence-electron chi connectivity index (χ1n) is 5.38. The molecule has 1 N–H and O–H groups in total. The van der Waals surface area contributed by atoms with Crippen LogP contribution in [0.5, 0.6) is 0 Å². The van der Waals surface area contributed by atoms with Crippen molar-refractivity contribution in [1.82, 2.24) is 0 Å². The first kappa shape index (κ1) is 13.8. The van der Waals surface area contributed by atoms with Gasteiger partial charge in [0.15, 0.2) is 0 Å². The third-order valence-electron chi connectivity index (χ3n) is 2.77. The Bertz CT molecular complexity index is 586. The Hall–Kier alpha value is -0.650. The summed E-state index contributed by atoms with van der Waals surface area (Å²) in [5.41, 5.74) is 1.77. The Morgan fingerprint density at radius 2 is 1.89 bits per heavy atom. The molecule has 2 aromatic carbocycles. The molecule has 0 aliphatic rings. The smallest absolute Gasteiger partial charge is 0.127 e. The minimum Gasteiger partial charge on any atom is -0.384 e. The fraction of sp³-hybridized carbons (Fsp3) is 0.143. The maximum atomic E-state index is 13.3. The van der Waals surface area contributed by atoms with Gasteiger partial charge in [0.05, 0.1) is 0 Å². The Balaban J connectivity index is 2.50. The average Bonchev–Trinajstić information content (AvgIpc) is 2.33. The fourth-order valence-electron chi connectivity index (χ4n) is 1.75. The Morgan fingerprint density at radius 1 is 1.22 bits per heavy atom. The van der Waals surface area contributed by atoms with Gasteiger partial charge in [-0.15, -0.1) is 0 Å². The molecule has 0 aliphatic heterocycles. The van der Waals surface area contributed by atoms with Crippen LogP contribution < -0.4 is 0 Å². The van der Waals surface area contributed by atoms with E-state index >= 15 is 0 Å². The van der Waals surface area contributed by atoms with Crippen molar-refractivity contribution in [1.29, 1.82) is 0 Å². The van der Waals surface area contributed by atoms with Gasteiger partial charge in [0.2, 0.25) is 0 Å². The van der Waals surface area contributed by atoms with E-state index in [1.807, 2.05) is 24.3 Å². The van der Waals surface area contributed by atoms with Gasteiger partial charge in [-0.05, 0) is 58.8 Å². The predicted octanol–water partition coefficient (Wildman–Crippen LogP) is 4.47. The van der Waals surface area contributed by atoms with Gasteiger partial charge in [-0.25, -0.2) is 4.39 Å². The van der Waals surface area contributed by atoms with Crippen LogP contribution in [-0.4, -0.2) is 5.11 Å². The molecule has 1 nitrogen and oxygen atoms in total. The van der Waals surface area contributed by atoms with Crippen LogP contribution in [0.2, 0.25) is 5.02 Å². The van der Waals surface area contributed by atoms with Crippen molar-refractivity contribution in [3.05, 3.63) is 67.5 Å². The average molecular weight is 377 g/mol. The second-order valence-electron chi connectivity index (χ2n) is 4.05. The fourth-order valence-corrected chi connectivity index (χ4v) is 2.69. The lowest BCUT2D eigenvalue weighted by molar-refractivity contribution is 0.219. The monoisotopic (exact) mass is 376 g/mol. The third kappa shape index (κ3) is 2.68. The summed E-state index contributed by atoms with van der Waals surface area (Å²) >= 11 is 8.15. The summed E-state index contributed by atoms with van der Waals surface area (Å²) in [5.74, 6) is -0.362. The molecule has 1 unspecified atom stereocenters. The van der Waals surface area contributed by atoms with E-state index in [1.54, 1.807) is 13.0 Å². The second kappa shape index (κ2) is 5.55. The number of halogens is 3. The molecule has 0 aromatic heterocycles. The van der Waals surface area contributed by atoms with Crippen LogP contribution in [0.25, 0.3) is 0 Å². The summed E-state index contributed by atoms with van der Waals surface area (Å²) in [6.07, 6.45) is -0.843. The third-order valence-corrected chi connectivity index (χ3v) is 4.08. The molecule has 2 aromatic rings. The van der Waals surface area contributed by atoms with Gasteiger partial charge in [-0.3, -0.25) is 0 Å². The molecule has 0 spiro atoms. The zero-order chi connectivity index (χ0) is 13.3. The molecule has 0 saturated heterocycles. The van der Waals surface area contributed by atoms with Gasteiger partial charge >= 0.3 is 0 Å². The van der Waals surface area contributed by atoms with E-state index in [0.717, 1.165) is 9.13 Å². The second-order valence-corrected chi connectivity index (χ2v) is 5.62. The van der Waals surface area contributed by atoms with Crippen molar-refractivity contribution in [2.24, 2.45) is 0 Å². The van der Waals surface area contributed by atoms with Crippen LogP contribution in [0.3, 0.4) is 0 Å². The molecule has 0 saturated carbocycles. The Kier molecular flexibility index (Phi) is 4.25. The normalized spacial score (nSPS) is 12.5. The van der Waals surface area contributed by atoms with Gasteiger partial charge < -0.3 is 5.11 Å². The van der Waals surface area contributed by atoms with Crippen LogP contribution in [0.1, 0.15) is 22.8 Å². The molecular weight excluding hydrogens is 366 g/mol. The molecule has 4 heteroatoms. The zero-order valence-corrected chi connectivity index (χ0v) is 12.5. The van der Waals surface area contributed by atoms with E-state index in [2.05, 4.69) is 22.6 Å². The summed E-state index contributed by atoms with van der Waals surface area (Å²) in [6.45, 7) is 1.65. The van der Waals surface area contributed by atoms with Crippen molar-refractivity contribution in [2.45, 2.75) is 13.0 Å². The van der Waals surface area contributed by atoms with Crippen molar-refractivity contribution in [2.75, 3.05) is 0 Å². The van der Waals surface area contributed by atoms with Gasteiger partial charge in [-0.1, -0.05) is 29.8 Å². The lowest BCUT2D eigenvalue weighted by Crippen LogP contribution is -2.04. The largest absolute Gasteiger partial charge is 0.384 e. The van der Waals surface area contributed by atoms with Crippen LogP contribution in [0.4, 0.5) is 4.39 Å². The standard InChI is InChI=1S/C14H11ClFIO/c1-8-6-10(11(15)7-12(8)16)14(18)9-4-2-3-5-13(9)17/h2-7,14,18H,1H3. The van der Waals surface area contributed by atoms with E-state index in [1.165, 1.54) is 6.07 Å². The maximum Gasteiger partial charge on any atom is 0.127 e. The Morgan fingerprint density at radius 3 is 2.56 bits per heavy atom. The van der Waals surface area contributed by atoms with Crippen LogP contribution >= 0.6 is 34.2 Å². The van der Waals surface area contributed by atoms with Crippen molar-refractivity contribution in [3.8, 4) is 0 Å². The zero-order valence-electron chi connectivity index (χ0n) is 9.62. The van der Waals surface area contributed by atoms with E-state index in [-0.39, 0.29) is 10.8 Å². The summed E-state index contributed by atoms with van der Waals surface area (Å²) in [6, 6.07) is 10.3. The topological polar surface area (TPSA) is 20.2 Å². The van der Waals surface area contributed by atoms with E-state index in [0.29, 0.717) is 11.1 Å². The molecule has 0 bridgehead atoms. The molecule has 94 valence electrons. The van der Waals surface area contributed by atoms with E-state index < -0.39 is 6.10 Å². The minimum absolute atomic E-state index is 0.241. The molecule has 0 fully saturated rings. The highest BCUT2D eigenvalue weighted by Gasteiger charge is 2.17. The van der Waals surface area contributed by atoms with E-state index in [4.69, 9.17) is 11.6 Å². The summed E-state index contributed by atoms with van der Waals surface area (Å²) in [4.78, 5) is 0. The van der Waals surface area contributed by atoms with Crippen LogP contribution in [0, 0.1) is 16.3 Å². The number of rotatable bonds is 2. The minimum atomic E-state index is -0.843. The molecule has 0 radical (unpaired) electrons. The molecule has 1 atom stereocenters. The lowest BCUT2D eigenvalue weighted by atomic mass is 10.00. The van der Waals surface area contributed by atoms with Gasteiger partial charge in [0.25, 0.3) is 0 Å². The number of aryl methyl sites for hydroxylation is 1. The van der Waals surface area contributed by atoms with Gasteiger partial charge in [0, 0.05) is 14.2 Å². The van der Waals surface area contributed by atoms with Crippen molar-refractivity contribution in [3.63, 3.8) is 0 Å². The van der Waals surface area contributed by atoms with Crippen LogP contribution in [0.15, 0.2) is 36.4 Å². The first-order valence-corrected chi connectivity index (χ1v) is 6.84. The highest BCUT2D eigenvalue weighted by Crippen LogP contribution is 2.32. The number of hydrogen-bond acceptors (Lipinski definition) is 1. The molecule has 0 heterocycles. The number of aliphatic hydroxyl groups excluding tert-OH is 1.